The molecule has 0 spiro atoms. The highest BCUT2D eigenvalue weighted by Gasteiger charge is 2.19. The van der Waals surface area contributed by atoms with Crippen molar-refractivity contribution in [2.75, 3.05) is 17.3 Å². The number of nitrogens with two attached hydrogens (primary N) is 1. The summed E-state index contributed by atoms with van der Waals surface area (Å²) in [6, 6.07) is 1.87. The Kier molecular flexibility index (Phi) is 4.81. The van der Waals surface area contributed by atoms with E-state index in [0.717, 1.165) is 24.1 Å². The summed E-state index contributed by atoms with van der Waals surface area (Å²) >= 11 is 0. The molecule has 5 heteroatoms. The second-order valence-electron chi connectivity index (χ2n) is 6.74. The summed E-state index contributed by atoms with van der Waals surface area (Å²) in [7, 11) is 0. The average molecular weight is 277 g/mol. The van der Waals surface area contributed by atoms with Crippen molar-refractivity contribution in [2.45, 2.75) is 58.3 Å². The highest BCUT2D eigenvalue weighted by atomic mass is 15.3. The topological polar surface area (TPSA) is 75.9 Å². The van der Waals surface area contributed by atoms with Gasteiger partial charge < -0.3 is 10.7 Å². The number of nitrogens with zero attached hydrogens (tertiary/aromatic N) is 2. The molecule has 1 aliphatic rings. The second kappa shape index (κ2) is 6.39. The van der Waals surface area contributed by atoms with Crippen molar-refractivity contribution < 1.29 is 0 Å². The molecule has 1 fully saturated rings. The first kappa shape index (κ1) is 15.0. The van der Waals surface area contributed by atoms with E-state index in [4.69, 9.17) is 5.84 Å². The molecule has 0 unspecified atom stereocenters. The van der Waals surface area contributed by atoms with Crippen LogP contribution in [0.2, 0.25) is 0 Å². The molecule has 0 radical (unpaired) electrons. The van der Waals surface area contributed by atoms with Gasteiger partial charge in [-0.2, -0.15) is 0 Å². The Morgan fingerprint density at radius 3 is 2.40 bits per heavy atom. The van der Waals surface area contributed by atoms with Gasteiger partial charge in [-0.25, -0.2) is 15.8 Å². The van der Waals surface area contributed by atoms with Crippen molar-refractivity contribution in [3.8, 4) is 0 Å². The number of nitrogens with one attached hydrogen (secondary N) is 2. The molecule has 0 atom stereocenters. The SMILES string of the molecule is CC(C)(C)c1nc(NN)cc(NCC2CCCCC2)n1. The number of rotatable bonds is 4. The molecule has 20 heavy (non-hydrogen) atoms. The molecule has 0 bridgehead atoms. The fraction of sp³-hybridized carbons (Fsp3) is 0.733. The van der Waals surface area contributed by atoms with Crippen molar-refractivity contribution in [2.24, 2.45) is 11.8 Å². The molecule has 112 valence electrons. The summed E-state index contributed by atoms with van der Waals surface area (Å²) in [5.41, 5.74) is 2.54. The van der Waals surface area contributed by atoms with Gasteiger partial charge in [-0.05, 0) is 18.8 Å². The first-order valence-corrected chi connectivity index (χ1v) is 7.59. The summed E-state index contributed by atoms with van der Waals surface area (Å²) < 4.78 is 0. The zero-order valence-electron chi connectivity index (χ0n) is 12.9. The molecule has 0 saturated heterocycles. The van der Waals surface area contributed by atoms with E-state index in [2.05, 4.69) is 41.5 Å². The van der Waals surface area contributed by atoms with Gasteiger partial charge in [0.05, 0.1) is 0 Å². The molecule has 5 nitrogen and oxygen atoms in total. The maximum atomic E-state index is 5.50. The van der Waals surface area contributed by atoms with E-state index in [1.807, 2.05) is 6.07 Å². The van der Waals surface area contributed by atoms with Crippen LogP contribution in [0.1, 0.15) is 58.7 Å². The number of nitrogen functional groups attached to an aromatic ring is 1. The van der Waals surface area contributed by atoms with Gasteiger partial charge in [0.1, 0.15) is 17.5 Å². The molecule has 1 aromatic heterocycles. The van der Waals surface area contributed by atoms with Crippen LogP contribution in [0.4, 0.5) is 11.6 Å². The lowest BCUT2D eigenvalue weighted by Crippen LogP contribution is -2.22. The summed E-state index contributed by atoms with van der Waals surface area (Å²) in [5.74, 6) is 8.60. The summed E-state index contributed by atoms with van der Waals surface area (Å²) in [6.45, 7) is 7.30. The summed E-state index contributed by atoms with van der Waals surface area (Å²) in [6.07, 6.45) is 6.76. The van der Waals surface area contributed by atoms with E-state index in [0.29, 0.717) is 5.82 Å². The van der Waals surface area contributed by atoms with Crippen LogP contribution in [-0.4, -0.2) is 16.5 Å². The van der Waals surface area contributed by atoms with E-state index in [1.165, 1.54) is 32.1 Å². The largest absolute Gasteiger partial charge is 0.370 e. The van der Waals surface area contributed by atoms with Crippen LogP contribution in [0.3, 0.4) is 0 Å². The zero-order valence-corrected chi connectivity index (χ0v) is 12.9. The third-order valence-electron chi connectivity index (χ3n) is 3.84. The minimum atomic E-state index is -0.0892. The van der Waals surface area contributed by atoms with Gasteiger partial charge in [0.2, 0.25) is 0 Å². The summed E-state index contributed by atoms with van der Waals surface area (Å²) in [5, 5.41) is 3.45. The Balaban J connectivity index is 2.06. The van der Waals surface area contributed by atoms with Crippen LogP contribution in [0.25, 0.3) is 0 Å². The fourth-order valence-corrected chi connectivity index (χ4v) is 2.59. The first-order valence-electron chi connectivity index (χ1n) is 7.59. The molecule has 4 N–H and O–H groups in total. The lowest BCUT2D eigenvalue weighted by atomic mass is 9.89. The van der Waals surface area contributed by atoms with Gasteiger partial charge >= 0.3 is 0 Å². The second-order valence-corrected chi connectivity index (χ2v) is 6.74. The van der Waals surface area contributed by atoms with Gasteiger partial charge in [-0.3, -0.25) is 0 Å². The monoisotopic (exact) mass is 277 g/mol. The van der Waals surface area contributed by atoms with Crippen molar-refractivity contribution in [3.63, 3.8) is 0 Å². The molecular formula is C15H27N5. The average Bonchev–Trinajstić information content (AvgIpc) is 2.45. The molecule has 0 aliphatic heterocycles. The third-order valence-corrected chi connectivity index (χ3v) is 3.84. The predicted molar refractivity (Wildman–Crippen MR) is 83.6 cm³/mol. The van der Waals surface area contributed by atoms with E-state index in [9.17, 15) is 0 Å². The Bertz CT molecular complexity index is 432. The maximum Gasteiger partial charge on any atom is 0.145 e. The van der Waals surface area contributed by atoms with E-state index in [1.54, 1.807) is 0 Å². The van der Waals surface area contributed by atoms with Gasteiger partial charge in [-0.1, -0.05) is 40.0 Å². The third kappa shape index (κ3) is 4.07. The van der Waals surface area contributed by atoms with E-state index >= 15 is 0 Å². The fourth-order valence-electron chi connectivity index (χ4n) is 2.59. The molecule has 2 rings (SSSR count). The number of anilines is 2. The molecule has 1 aromatic rings. The lowest BCUT2D eigenvalue weighted by Gasteiger charge is -2.23. The smallest absolute Gasteiger partial charge is 0.145 e. The van der Waals surface area contributed by atoms with E-state index in [-0.39, 0.29) is 5.41 Å². The predicted octanol–water partition coefficient (Wildman–Crippen LogP) is 3.05. The Hall–Kier alpha value is -1.36. The standard InChI is InChI=1S/C15H27N5/c1-15(2,3)14-18-12(9-13(19-14)20-16)17-10-11-7-5-4-6-8-11/h9,11H,4-8,10,16H2,1-3H3,(H2,17,18,19,20). The Morgan fingerprint density at radius 1 is 1.15 bits per heavy atom. The van der Waals surface area contributed by atoms with Gasteiger partial charge in [0, 0.05) is 18.0 Å². The van der Waals surface area contributed by atoms with Crippen LogP contribution in [0.15, 0.2) is 6.07 Å². The molecule has 1 aliphatic carbocycles. The molecule has 1 saturated carbocycles. The van der Waals surface area contributed by atoms with Crippen LogP contribution < -0.4 is 16.6 Å². The minimum Gasteiger partial charge on any atom is -0.370 e. The van der Waals surface area contributed by atoms with Crippen LogP contribution in [0, 0.1) is 5.92 Å². The van der Waals surface area contributed by atoms with Crippen molar-refractivity contribution >= 4 is 11.6 Å². The number of hydrogen-bond acceptors (Lipinski definition) is 5. The highest BCUT2D eigenvalue weighted by molar-refractivity contribution is 5.47. The van der Waals surface area contributed by atoms with Gasteiger partial charge in [-0.15, -0.1) is 0 Å². The minimum absolute atomic E-state index is 0.0892. The van der Waals surface area contributed by atoms with Crippen LogP contribution in [-0.2, 0) is 5.41 Å². The van der Waals surface area contributed by atoms with Gasteiger partial charge in [0.25, 0.3) is 0 Å². The number of hydrogen-bond donors (Lipinski definition) is 3. The molecular weight excluding hydrogens is 250 g/mol. The maximum absolute atomic E-state index is 5.50. The molecule has 1 heterocycles. The first-order chi connectivity index (χ1) is 9.49. The lowest BCUT2D eigenvalue weighted by molar-refractivity contribution is 0.373. The Morgan fingerprint density at radius 2 is 1.80 bits per heavy atom. The van der Waals surface area contributed by atoms with Crippen LogP contribution in [0.5, 0.6) is 0 Å². The number of aromatic nitrogens is 2. The molecule has 0 aromatic carbocycles. The van der Waals surface area contributed by atoms with Crippen molar-refractivity contribution in [3.05, 3.63) is 11.9 Å². The van der Waals surface area contributed by atoms with E-state index < -0.39 is 0 Å². The zero-order chi connectivity index (χ0) is 14.6. The van der Waals surface area contributed by atoms with Crippen LogP contribution >= 0.6 is 0 Å². The van der Waals surface area contributed by atoms with Crippen molar-refractivity contribution in [1.82, 2.24) is 9.97 Å². The quantitative estimate of drug-likeness (QED) is 0.582. The number of hydrazine groups is 1. The molecule has 0 amide bonds. The highest BCUT2D eigenvalue weighted by Crippen LogP contribution is 2.25. The van der Waals surface area contributed by atoms with Crippen molar-refractivity contribution in [1.29, 1.82) is 0 Å². The van der Waals surface area contributed by atoms with Gasteiger partial charge in [0.15, 0.2) is 0 Å². The summed E-state index contributed by atoms with van der Waals surface area (Å²) in [4.78, 5) is 9.05. The normalized spacial score (nSPS) is 17.0. The Labute approximate surface area is 121 Å².